The molecule has 0 radical (unpaired) electrons. The summed E-state index contributed by atoms with van der Waals surface area (Å²) >= 11 is 3.20. The fourth-order valence-corrected chi connectivity index (χ4v) is 5.18. The van der Waals surface area contributed by atoms with Gasteiger partial charge in [-0.15, -0.1) is 0 Å². The Morgan fingerprint density at radius 1 is 1.08 bits per heavy atom. The molecule has 0 amide bonds. The Kier molecular flexibility index (Phi) is 4.99. The summed E-state index contributed by atoms with van der Waals surface area (Å²) in [5.74, 6) is 0. The van der Waals surface area contributed by atoms with Crippen LogP contribution in [0.1, 0.15) is 18.1 Å². The number of allylic oxidation sites excluding steroid dienone is 2. The van der Waals surface area contributed by atoms with E-state index in [9.17, 15) is 5.26 Å². The van der Waals surface area contributed by atoms with Crippen LogP contribution in [0.5, 0.6) is 0 Å². The fourth-order valence-electron chi connectivity index (χ4n) is 2.83. The van der Waals surface area contributed by atoms with Gasteiger partial charge in [-0.1, -0.05) is 90.8 Å². The van der Waals surface area contributed by atoms with Gasteiger partial charge < -0.3 is 0 Å². The van der Waals surface area contributed by atoms with Crippen LogP contribution in [0.4, 0.5) is 0 Å². The smallest absolute Gasteiger partial charge is 0.0978 e. The minimum Gasteiger partial charge on any atom is -0.193 e. The molecule has 2 aromatic carbocycles. The maximum absolute atomic E-state index is 9.85. The molecule has 0 aromatic heterocycles. The Balaban J connectivity index is 2.18. The van der Waals surface area contributed by atoms with Crippen molar-refractivity contribution in [2.75, 3.05) is 0 Å². The van der Waals surface area contributed by atoms with Crippen molar-refractivity contribution >= 4 is 29.6 Å². The van der Waals surface area contributed by atoms with E-state index in [4.69, 9.17) is 0 Å². The fraction of sp³-hybridized carbons (Fsp3) is 0.0952. The zero-order valence-corrected chi connectivity index (χ0v) is 15.0. The molecule has 24 heavy (non-hydrogen) atoms. The second-order valence-electron chi connectivity index (χ2n) is 5.57. The highest BCUT2D eigenvalue weighted by Crippen LogP contribution is 2.58. The number of benzene rings is 2. The zero-order chi connectivity index (χ0) is 17.0. The van der Waals surface area contributed by atoms with E-state index in [0.29, 0.717) is 0 Å². The van der Waals surface area contributed by atoms with Gasteiger partial charge in [-0.05, 0) is 29.5 Å². The standard InChI is InChI=1S/C21H17NS2/c1-3-23-20-18(15-22)21(2,17-12-8-5-9-13-17)19(24-20)14-16-10-6-4-7-11-16/h3-14H,1H2,2H3/b19-14-. The van der Waals surface area contributed by atoms with E-state index < -0.39 is 5.41 Å². The Morgan fingerprint density at radius 2 is 1.71 bits per heavy atom. The minimum atomic E-state index is -0.429. The van der Waals surface area contributed by atoms with Crippen LogP contribution >= 0.6 is 23.5 Å². The number of thioether (sulfide) groups is 2. The lowest BCUT2D eigenvalue weighted by atomic mass is 9.76. The van der Waals surface area contributed by atoms with Gasteiger partial charge in [-0.2, -0.15) is 5.26 Å². The molecule has 1 aliphatic heterocycles. The van der Waals surface area contributed by atoms with Crippen LogP contribution in [-0.4, -0.2) is 0 Å². The molecular weight excluding hydrogens is 330 g/mol. The molecule has 0 saturated heterocycles. The van der Waals surface area contributed by atoms with E-state index in [1.165, 1.54) is 16.7 Å². The Bertz CT molecular complexity index is 844. The zero-order valence-electron chi connectivity index (χ0n) is 13.4. The first-order valence-corrected chi connectivity index (χ1v) is 9.32. The Hall–Kier alpha value is -2.15. The Labute approximate surface area is 151 Å². The third-order valence-electron chi connectivity index (χ3n) is 4.15. The summed E-state index contributed by atoms with van der Waals surface area (Å²) in [7, 11) is 0. The normalized spacial score (nSPS) is 21.8. The monoisotopic (exact) mass is 347 g/mol. The first-order chi connectivity index (χ1) is 11.7. The van der Waals surface area contributed by atoms with Crippen LogP contribution in [0.25, 0.3) is 6.08 Å². The van der Waals surface area contributed by atoms with Crippen molar-refractivity contribution < 1.29 is 0 Å². The highest BCUT2D eigenvalue weighted by atomic mass is 32.2. The molecule has 0 spiro atoms. The van der Waals surface area contributed by atoms with Crippen LogP contribution in [0.15, 0.2) is 87.4 Å². The molecule has 1 unspecified atom stereocenters. The lowest BCUT2D eigenvalue weighted by molar-refractivity contribution is 0.725. The molecule has 118 valence electrons. The van der Waals surface area contributed by atoms with Crippen LogP contribution in [0.2, 0.25) is 0 Å². The average Bonchev–Trinajstić information content (AvgIpc) is 2.89. The molecule has 3 heteroatoms. The van der Waals surface area contributed by atoms with E-state index in [-0.39, 0.29) is 0 Å². The van der Waals surface area contributed by atoms with Gasteiger partial charge in [-0.3, -0.25) is 0 Å². The molecule has 0 bridgehead atoms. The van der Waals surface area contributed by atoms with Crippen LogP contribution < -0.4 is 0 Å². The van der Waals surface area contributed by atoms with E-state index in [2.05, 4.69) is 49.9 Å². The van der Waals surface area contributed by atoms with Gasteiger partial charge in [0.1, 0.15) is 0 Å². The van der Waals surface area contributed by atoms with Crippen LogP contribution in [-0.2, 0) is 5.41 Å². The molecule has 1 atom stereocenters. The summed E-state index contributed by atoms with van der Waals surface area (Å²) in [6.45, 7) is 5.95. The van der Waals surface area contributed by atoms with Gasteiger partial charge >= 0.3 is 0 Å². The third kappa shape index (κ3) is 2.96. The van der Waals surface area contributed by atoms with Crippen molar-refractivity contribution in [3.8, 4) is 6.07 Å². The molecule has 2 aromatic rings. The lowest BCUT2D eigenvalue weighted by Gasteiger charge is -2.27. The summed E-state index contributed by atoms with van der Waals surface area (Å²) in [5.41, 5.74) is 2.65. The average molecular weight is 348 g/mol. The van der Waals surface area contributed by atoms with Gasteiger partial charge in [0.05, 0.1) is 21.3 Å². The summed E-state index contributed by atoms with van der Waals surface area (Å²) in [6.07, 6.45) is 2.19. The molecule has 1 nitrogen and oxygen atoms in total. The van der Waals surface area contributed by atoms with Crippen LogP contribution in [0, 0.1) is 11.3 Å². The van der Waals surface area contributed by atoms with Crippen molar-refractivity contribution in [2.24, 2.45) is 0 Å². The molecule has 0 saturated carbocycles. The molecule has 0 N–H and O–H groups in total. The van der Waals surface area contributed by atoms with Gasteiger partial charge in [0.15, 0.2) is 0 Å². The second-order valence-corrected chi connectivity index (χ2v) is 7.86. The number of nitriles is 1. The SMILES string of the molecule is C=CSC1=C(C#N)C(C)(c2ccccc2)/C(=C/c2ccccc2)S1. The number of rotatable bonds is 4. The van der Waals surface area contributed by atoms with Crippen LogP contribution in [0.3, 0.4) is 0 Å². The van der Waals surface area contributed by atoms with Gasteiger partial charge in [0.2, 0.25) is 0 Å². The summed E-state index contributed by atoms with van der Waals surface area (Å²) in [6, 6.07) is 23.0. The maximum atomic E-state index is 9.85. The molecule has 3 rings (SSSR count). The minimum absolute atomic E-state index is 0.429. The molecule has 0 aliphatic carbocycles. The quantitative estimate of drug-likeness (QED) is 0.644. The summed E-state index contributed by atoms with van der Waals surface area (Å²) < 4.78 is 1.01. The maximum Gasteiger partial charge on any atom is 0.0978 e. The largest absolute Gasteiger partial charge is 0.193 e. The van der Waals surface area contributed by atoms with Crippen molar-refractivity contribution in [3.63, 3.8) is 0 Å². The van der Waals surface area contributed by atoms with Crippen molar-refractivity contribution in [3.05, 3.63) is 98.5 Å². The summed E-state index contributed by atoms with van der Waals surface area (Å²) in [4.78, 5) is 1.17. The van der Waals surface area contributed by atoms with Gasteiger partial charge in [0, 0.05) is 4.91 Å². The topological polar surface area (TPSA) is 23.8 Å². The van der Waals surface area contributed by atoms with Crippen molar-refractivity contribution in [1.29, 1.82) is 5.26 Å². The molecular formula is C21H17NS2. The van der Waals surface area contributed by atoms with E-state index >= 15 is 0 Å². The lowest BCUT2D eigenvalue weighted by Crippen LogP contribution is -2.22. The molecule has 0 fully saturated rings. The molecule has 1 aliphatic rings. The highest BCUT2D eigenvalue weighted by molar-refractivity contribution is 8.25. The Morgan fingerprint density at radius 3 is 2.29 bits per heavy atom. The first-order valence-electron chi connectivity index (χ1n) is 7.63. The number of nitrogens with zero attached hydrogens (tertiary/aromatic N) is 1. The van der Waals surface area contributed by atoms with E-state index in [0.717, 1.165) is 20.9 Å². The van der Waals surface area contributed by atoms with E-state index in [1.54, 1.807) is 17.2 Å². The number of hydrogen-bond donors (Lipinski definition) is 0. The summed E-state index contributed by atoms with van der Waals surface area (Å²) in [5, 5.41) is 11.6. The third-order valence-corrected chi connectivity index (χ3v) is 6.41. The van der Waals surface area contributed by atoms with Crippen molar-refractivity contribution in [2.45, 2.75) is 12.3 Å². The number of hydrogen-bond acceptors (Lipinski definition) is 3. The predicted octanol–water partition coefficient (Wildman–Crippen LogP) is 6.34. The van der Waals surface area contributed by atoms with Gasteiger partial charge in [0.25, 0.3) is 0 Å². The highest BCUT2D eigenvalue weighted by Gasteiger charge is 2.43. The van der Waals surface area contributed by atoms with E-state index in [1.807, 2.05) is 36.4 Å². The molecule has 1 heterocycles. The van der Waals surface area contributed by atoms with Crippen molar-refractivity contribution in [1.82, 2.24) is 0 Å². The first kappa shape index (κ1) is 16.7. The second kappa shape index (κ2) is 7.17. The van der Waals surface area contributed by atoms with Gasteiger partial charge in [-0.25, -0.2) is 0 Å². The predicted molar refractivity (Wildman–Crippen MR) is 106 cm³/mol.